The van der Waals surface area contributed by atoms with Crippen molar-refractivity contribution in [1.29, 1.82) is 0 Å². The zero-order valence-electron chi connectivity index (χ0n) is 12.6. The van der Waals surface area contributed by atoms with Gasteiger partial charge in [-0.3, -0.25) is 4.79 Å². The van der Waals surface area contributed by atoms with E-state index < -0.39 is 0 Å². The van der Waals surface area contributed by atoms with E-state index in [2.05, 4.69) is 22.8 Å². The van der Waals surface area contributed by atoms with Crippen LogP contribution in [0.4, 0.5) is 5.69 Å². The zero-order valence-corrected chi connectivity index (χ0v) is 12.6. The number of carbonyl (C=O) groups excluding carboxylic acids is 1. The number of anilines is 1. The summed E-state index contributed by atoms with van der Waals surface area (Å²) in [6, 6.07) is 5.98. The molecule has 0 aromatic heterocycles. The molecule has 0 bridgehead atoms. The van der Waals surface area contributed by atoms with Gasteiger partial charge in [-0.05, 0) is 62.6 Å². The zero-order chi connectivity index (χ0) is 14.5. The Kier molecular flexibility index (Phi) is 4.59. The van der Waals surface area contributed by atoms with Gasteiger partial charge in [0.2, 0.25) is 0 Å². The molecule has 3 nitrogen and oxygen atoms in total. The van der Waals surface area contributed by atoms with Crippen molar-refractivity contribution in [3.05, 3.63) is 41.0 Å². The van der Waals surface area contributed by atoms with Gasteiger partial charge in [-0.25, -0.2) is 0 Å². The summed E-state index contributed by atoms with van der Waals surface area (Å²) in [5, 5.41) is 6.47. The summed E-state index contributed by atoms with van der Waals surface area (Å²) >= 11 is 0. The third-order valence-corrected chi connectivity index (χ3v) is 4.46. The second kappa shape index (κ2) is 6.79. The highest BCUT2D eigenvalue weighted by molar-refractivity contribution is 5.97. The van der Waals surface area contributed by atoms with Gasteiger partial charge in [0.05, 0.1) is 0 Å². The summed E-state index contributed by atoms with van der Waals surface area (Å²) in [7, 11) is 0. The predicted molar refractivity (Wildman–Crippen MR) is 86.8 cm³/mol. The van der Waals surface area contributed by atoms with Crippen LogP contribution in [0, 0.1) is 0 Å². The van der Waals surface area contributed by atoms with E-state index >= 15 is 0 Å². The highest BCUT2D eigenvalue weighted by atomic mass is 16.1. The van der Waals surface area contributed by atoms with E-state index in [1.807, 2.05) is 12.1 Å². The molecule has 0 saturated carbocycles. The first-order valence-electron chi connectivity index (χ1n) is 8.16. The van der Waals surface area contributed by atoms with Crippen LogP contribution in [0.3, 0.4) is 0 Å². The molecule has 112 valence electrons. The van der Waals surface area contributed by atoms with Crippen LogP contribution < -0.4 is 10.6 Å². The first-order valence-corrected chi connectivity index (χ1v) is 8.16. The van der Waals surface area contributed by atoms with Gasteiger partial charge in [0.15, 0.2) is 0 Å². The quantitative estimate of drug-likeness (QED) is 0.828. The van der Waals surface area contributed by atoms with Gasteiger partial charge < -0.3 is 10.6 Å². The van der Waals surface area contributed by atoms with E-state index in [0.717, 1.165) is 43.6 Å². The highest BCUT2D eigenvalue weighted by Crippen LogP contribution is 2.25. The first kappa shape index (κ1) is 14.2. The SMILES string of the molecule is O=C(NCCC1=CCCCC1)c1cccc2c1CCCN2. The number of allylic oxidation sites excluding steroid dienone is 1. The number of fused-ring (bicyclic) bond motifs is 1. The Morgan fingerprint density at radius 3 is 3.00 bits per heavy atom. The van der Waals surface area contributed by atoms with E-state index in [4.69, 9.17) is 0 Å². The Balaban J connectivity index is 1.59. The minimum Gasteiger partial charge on any atom is -0.385 e. The topological polar surface area (TPSA) is 41.1 Å². The molecule has 1 aromatic rings. The first-order chi connectivity index (χ1) is 10.3. The van der Waals surface area contributed by atoms with Crippen LogP contribution in [-0.2, 0) is 6.42 Å². The smallest absolute Gasteiger partial charge is 0.251 e. The predicted octanol–water partition coefficient (Wildman–Crippen LogP) is 3.67. The number of benzene rings is 1. The van der Waals surface area contributed by atoms with Crippen molar-refractivity contribution in [2.45, 2.75) is 44.9 Å². The summed E-state index contributed by atoms with van der Waals surface area (Å²) in [5.41, 5.74) is 4.66. The van der Waals surface area contributed by atoms with Crippen molar-refractivity contribution in [3.63, 3.8) is 0 Å². The number of amides is 1. The van der Waals surface area contributed by atoms with E-state index in [1.165, 1.54) is 36.8 Å². The summed E-state index contributed by atoms with van der Waals surface area (Å²) in [5.74, 6) is 0.0759. The van der Waals surface area contributed by atoms with Crippen molar-refractivity contribution in [3.8, 4) is 0 Å². The fraction of sp³-hybridized carbons (Fsp3) is 0.500. The molecule has 0 saturated heterocycles. The van der Waals surface area contributed by atoms with E-state index in [0.29, 0.717) is 0 Å². The molecule has 0 fully saturated rings. The van der Waals surface area contributed by atoms with Crippen molar-refractivity contribution < 1.29 is 4.79 Å². The molecule has 2 N–H and O–H groups in total. The van der Waals surface area contributed by atoms with Crippen molar-refractivity contribution in [2.75, 3.05) is 18.4 Å². The normalized spacial score (nSPS) is 17.4. The second-order valence-corrected chi connectivity index (χ2v) is 5.98. The molecule has 1 aromatic carbocycles. The Morgan fingerprint density at radius 2 is 2.14 bits per heavy atom. The van der Waals surface area contributed by atoms with E-state index in [9.17, 15) is 4.79 Å². The molecular weight excluding hydrogens is 260 g/mol. The number of nitrogens with one attached hydrogen (secondary N) is 2. The average molecular weight is 284 g/mol. The van der Waals surface area contributed by atoms with Gasteiger partial charge >= 0.3 is 0 Å². The molecule has 1 amide bonds. The molecule has 3 heteroatoms. The van der Waals surface area contributed by atoms with Crippen LogP contribution in [0.15, 0.2) is 29.8 Å². The Bertz CT molecular complexity index is 548. The summed E-state index contributed by atoms with van der Waals surface area (Å²) in [4.78, 5) is 12.4. The summed E-state index contributed by atoms with van der Waals surface area (Å²) in [6.45, 7) is 1.76. The lowest BCUT2D eigenvalue weighted by Crippen LogP contribution is -2.27. The highest BCUT2D eigenvalue weighted by Gasteiger charge is 2.17. The number of rotatable bonds is 4. The lowest BCUT2D eigenvalue weighted by atomic mass is 9.96. The summed E-state index contributed by atoms with van der Waals surface area (Å²) < 4.78 is 0. The standard InChI is InChI=1S/C18H24N2O/c21-18(20-13-11-14-6-2-1-3-7-14)16-8-4-10-17-15(16)9-5-12-19-17/h4,6,8,10,19H,1-3,5,7,9,11-13H2,(H,20,21). The number of hydrogen-bond acceptors (Lipinski definition) is 2. The van der Waals surface area contributed by atoms with Crippen molar-refractivity contribution in [1.82, 2.24) is 5.32 Å². The molecule has 3 rings (SSSR count). The van der Waals surface area contributed by atoms with Crippen LogP contribution in [0.5, 0.6) is 0 Å². The maximum absolute atomic E-state index is 12.4. The van der Waals surface area contributed by atoms with E-state index in [1.54, 1.807) is 0 Å². The van der Waals surface area contributed by atoms with Crippen molar-refractivity contribution in [2.24, 2.45) is 0 Å². The third-order valence-electron chi connectivity index (χ3n) is 4.46. The number of hydrogen-bond donors (Lipinski definition) is 2. The minimum atomic E-state index is 0.0759. The average Bonchev–Trinajstić information content (AvgIpc) is 2.55. The largest absolute Gasteiger partial charge is 0.385 e. The van der Waals surface area contributed by atoms with Gasteiger partial charge in [0, 0.05) is 24.3 Å². The molecule has 0 atom stereocenters. The Hall–Kier alpha value is -1.77. The maximum Gasteiger partial charge on any atom is 0.251 e. The lowest BCUT2D eigenvalue weighted by molar-refractivity contribution is 0.0953. The molecule has 1 aliphatic carbocycles. The van der Waals surface area contributed by atoms with Crippen LogP contribution in [0.25, 0.3) is 0 Å². The molecule has 1 heterocycles. The maximum atomic E-state index is 12.4. The van der Waals surface area contributed by atoms with Crippen LogP contribution in [0.1, 0.15) is 54.4 Å². The Labute approximate surface area is 126 Å². The molecule has 0 radical (unpaired) electrons. The van der Waals surface area contributed by atoms with Gasteiger partial charge in [0.25, 0.3) is 5.91 Å². The molecule has 0 spiro atoms. The molecular formula is C18H24N2O. The van der Waals surface area contributed by atoms with Crippen LogP contribution >= 0.6 is 0 Å². The van der Waals surface area contributed by atoms with Gasteiger partial charge in [-0.15, -0.1) is 0 Å². The van der Waals surface area contributed by atoms with Gasteiger partial charge in [-0.1, -0.05) is 17.7 Å². The third kappa shape index (κ3) is 3.46. The molecule has 0 unspecified atom stereocenters. The minimum absolute atomic E-state index is 0.0759. The summed E-state index contributed by atoms with van der Waals surface area (Å²) in [6.07, 6.45) is 10.5. The fourth-order valence-corrected chi connectivity index (χ4v) is 3.29. The second-order valence-electron chi connectivity index (χ2n) is 5.98. The van der Waals surface area contributed by atoms with E-state index in [-0.39, 0.29) is 5.91 Å². The molecule has 1 aliphatic heterocycles. The van der Waals surface area contributed by atoms with Gasteiger partial charge in [-0.2, -0.15) is 0 Å². The Morgan fingerprint density at radius 1 is 1.19 bits per heavy atom. The monoisotopic (exact) mass is 284 g/mol. The molecule has 2 aliphatic rings. The van der Waals surface area contributed by atoms with Crippen LogP contribution in [0.2, 0.25) is 0 Å². The van der Waals surface area contributed by atoms with Crippen LogP contribution in [-0.4, -0.2) is 19.0 Å². The van der Waals surface area contributed by atoms with Gasteiger partial charge in [0.1, 0.15) is 0 Å². The molecule has 21 heavy (non-hydrogen) atoms. The van der Waals surface area contributed by atoms with Crippen molar-refractivity contribution >= 4 is 11.6 Å². The fourth-order valence-electron chi connectivity index (χ4n) is 3.29. The number of carbonyl (C=O) groups is 1. The lowest BCUT2D eigenvalue weighted by Gasteiger charge is -2.20.